The summed E-state index contributed by atoms with van der Waals surface area (Å²) in [5.41, 5.74) is 11.3. The molecule has 7 N–H and O–H groups in total. The van der Waals surface area contributed by atoms with E-state index in [-0.39, 0.29) is 43.2 Å². The number of nitrogens with two attached hydrogens (primary N) is 2. The number of oxime groups is 1. The predicted molar refractivity (Wildman–Crippen MR) is 120 cm³/mol. The lowest BCUT2D eigenvalue weighted by molar-refractivity contribution is -0.192. The van der Waals surface area contributed by atoms with Gasteiger partial charge < -0.3 is 32.0 Å². The topological polar surface area (TPSA) is 187 Å². The van der Waals surface area contributed by atoms with Crippen molar-refractivity contribution >= 4 is 23.7 Å². The molecule has 0 bridgehead atoms. The molecule has 0 radical (unpaired) electrons. The molecule has 0 spiro atoms. The van der Waals surface area contributed by atoms with Crippen LogP contribution < -0.4 is 27.7 Å². The van der Waals surface area contributed by atoms with E-state index in [9.17, 15) is 27.2 Å². The average molecular weight is 519 g/mol. The molecule has 0 aliphatic rings. The fourth-order valence-corrected chi connectivity index (χ4v) is 2.42. The lowest BCUT2D eigenvalue weighted by atomic mass is 10.1. The molecule has 36 heavy (non-hydrogen) atoms. The maximum Gasteiger partial charge on any atom is 0.490 e. The molecule has 16 heteroatoms. The minimum atomic E-state index is -5.08. The van der Waals surface area contributed by atoms with Crippen LogP contribution in [0.1, 0.15) is 11.3 Å². The van der Waals surface area contributed by atoms with Gasteiger partial charge in [0.05, 0.1) is 6.54 Å². The zero-order valence-electron chi connectivity index (χ0n) is 19.0. The van der Waals surface area contributed by atoms with Gasteiger partial charge in [0.1, 0.15) is 19.0 Å². The number of benzene rings is 1. The van der Waals surface area contributed by atoms with Crippen LogP contribution in [0.3, 0.4) is 0 Å². The maximum atomic E-state index is 12.9. The molecular formula is C20H25F4N7O5. The summed E-state index contributed by atoms with van der Waals surface area (Å²) in [5.74, 6) is -3.50. The van der Waals surface area contributed by atoms with Crippen LogP contribution in [0.4, 0.5) is 23.4 Å². The number of nitrogens with zero attached hydrogens (tertiary/aromatic N) is 3. The highest BCUT2D eigenvalue weighted by molar-refractivity contribution is 5.76. The number of carboxylic acid groups (broad SMARTS) is 1. The molecule has 1 aromatic heterocycles. The number of guanidine groups is 1. The first-order chi connectivity index (χ1) is 16.8. The summed E-state index contributed by atoms with van der Waals surface area (Å²) >= 11 is 0. The van der Waals surface area contributed by atoms with Gasteiger partial charge in [0, 0.05) is 18.4 Å². The number of carbonyl (C=O) groups is 2. The minimum Gasteiger partial charge on any atom is -0.475 e. The number of aromatic nitrogens is 2. The minimum absolute atomic E-state index is 0.0874. The number of aryl methyl sites for hydroxylation is 1. The number of hydrogen-bond donors (Lipinski definition) is 5. The monoisotopic (exact) mass is 519 g/mol. The van der Waals surface area contributed by atoms with Gasteiger partial charge in [-0.2, -0.15) is 13.2 Å². The van der Waals surface area contributed by atoms with Crippen molar-refractivity contribution in [3.8, 4) is 0 Å². The standard InChI is InChI=1S/C18H24FN7O3.C2HF3O2/c1-12-10-24-16(23-7-6-13-2-4-14(19)5-3-13)17(28)26(12)11-15(27)22-8-9-29-25-18(20)21;3-2(4,5)1(6)7/h2-5,10H,6-9,11H2,1H3,(H,22,27)(H,23,24)(H4,20,21,25);(H,6,7). The lowest BCUT2D eigenvalue weighted by Crippen LogP contribution is -2.36. The second kappa shape index (κ2) is 14.1. The fraction of sp³-hybridized carbons (Fsp3) is 0.350. The van der Waals surface area contributed by atoms with Crippen LogP contribution >= 0.6 is 0 Å². The van der Waals surface area contributed by atoms with Crippen molar-refractivity contribution in [3.63, 3.8) is 0 Å². The van der Waals surface area contributed by atoms with Gasteiger partial charge in [-0.15, -0.1) is 0 Å². The van der Waals surface area contributed by atoms with Crippen molar-refractivity contribution in [1.82, 2.24) is 14.9 Å². The molecule has 0 atom stereocenters. The lowest BCUT2D eigenvalue weighted by Gasteiger charge is -2.12. The largest absolute Gasteiger partial charge is 0.490 e. The van der Waals surface area contributed by atoms with Crippen LogP contribution in [0.2, 0.25) is 0 Å². The first-order valence-corrected chi connectivity index (χ1v) is 10.1. The van der Waals surface area contributed by atoms with Gasteiger partial charge >= 0.3 is 12.1 Å². The molecule has 0 saturated carbocycles. The van der Waals surface area contributed by atoms with Crippen LogP contribution in [0.25, 0.3) is 0 Å². The van der Waals surface area contributed by atoms with Gasteiger partial charge in [-0.05, 0) is 36.2 Å². The van der Waals surface area contributed by atoms with Crippen molar-refractivity contribution in [3.05, 3.63) is 57.9 Å². The summed E-state index contributed by atoms with van der Waals surface area (Å²) in [6.07, 6.45) is -2.98. The SMILES string of the molecule is Cc1cnc(NCCc2ccc(F)cc2)c(=O)n1CC(=O)NCCON=C(N)N.O=C(O)C(F)(F)F. The third kappa shape index (κ3) is 11.2. The van der Waals surface area contributed by atoms with Gasteiger partial charge in [0.2, 0.25) is 11.9 Å². The molecule has 1 heterocycles. The molecule has 0 aliphatic heterocycles. The van der Waals surface area contributed by atoms with Gasteiger partial charge in [-0.1, -0.05) is 12.1 Å². The number of carbonyl (C=O) groups excluding carboxylic acids is 1. The van der Waals surface area contributed by atoms with Gasteiger partial charge in [0.15, 0.2) is 5.82 Å². The summed E-state index contributed by atoms with van der Waals surface area (Å²) in [7, 11) is 0. The Morgan fingerprint density at radius 2 is 1.81 bits per heavy atom. The fourth-order valence-electron chi connectivity index (χ4n) is 2.42. The Balaban J connectivity index is 0.000000809. The third-order valence-corrected chi connectivity index (χ3v) is 4.10. The molecule has 0 fully saturated rings. The summed E-state index contributed by atoms with van der Waals surface area (Å²) < 4.78 is 46.0. The molecular weight excluding hydrogens is 494 g/mol. The first kappa shape index (κ1) is 29.7. The van der Waals surface area contributed by atoms with Crippen molar-refractivity contribution in [2.24, 2.45) is 16.6 Å². The quantitative estimate of drug-likeness (QED) is 0.0967. The Bertz CT molecular complexity index is 1100. The normalized spacial score (nSPS) is 10.5. The Kier molecular flexibility index (Phi) is 11.6. The van der Waals surface area contributed by atoms with Crippen LogP contribution in [0.5, 0.6) is 0 Å². The molecule has 2 aromatic rings. The first-order valence-electron chi connectivity index (χ1n) is 10.1. The van der Waals surface area contributed by atoms with Crippen molar-refractivity contribution in [1.29, 1.82) is 0 Å². The van der Waals surface area contributed by atoms with E-state index >= 15 is 0 Å². The van der Waals surface area contributed by atoms with Gasteiger partial charge in [0.25, 0.3) is 5.56 Å². The molecule has 1 aromatic carbocycles. The van der Waals surface area contributed by atoms with Crippen molar-refractivity contribution in [2.75, 3.05) is 25.0 Å². The summed E-state index contributed by atoms with van der Waals surface area (Å²) in [6.45, 7) is 2.22. The Morgan fingerprint density at radius 1 is 1.19 bits per heavy atom. The second-order valence-corrected chi connectivity index (χ2v) is 6.94. The number of alkyl halides is 3. The number of carboxylic acids is 1. The summed E-state index contributed by atoms with van der Waals surface area (Å²) in [5, 5.41) is 16.0. The van der Waals surface area contributed by atoms with Crippen molar-refractivity contribution in [2.45, 2.75) is 26.1 Å². The van der Waals surface area contributed by atoms with E-state index in [4.69, 9.17) is 26.2 Å². The van der Waals surface area contributed by atoms with Crippen LogP contribution in [0.15, 0.2) is 40.4 Å². The van der Waals surface area contributed by atoms with Crippen LogP contribution in [-0.4, -0.2) is 58.4 Å². The molecule has 0 saturated heterocycles. The Hall–Kier alpha value is -4.37. The second-order valence-electron chi connectivity index (χ2n) is 6.94. The highest BCUT2D eigenvalue weighted by atomic mass is 19.4. The Labute approximate surface area is 201 Å². The van der Waals surface area contributed by atoms with E-state index in [2.05, 4.69) is 20.8 Å². The zero-order chi connectivity index (χ0) is 27.3. The van der Waals surface area contributed by atoms with E-state index in [1.54, 1.807) is 19.1 Å². The number of anilines is 1. The average Bonchev–Trinajstić information content (AvgIpc) is 2.79. The molecule has 1 amide bonds. The van der Waals surface area contributed by atoms with E-state index in [1.165, 1.54) is 22.9 Å². The number of aliphatic carboxylic acids is 1. The van der Waals surface area contributed by atoms with E-state index in [0.717, 1.165) is 5.56 Å². The molecule has 12 nitrogen and oxygen atoms in total. The van der Waals surface area contributed by atoms with Gasteiger partial charge in [-0.3, -0.25) is 14.2 Å². The molecule has 0 unspecified atom stereocenters. The number of nitrogens with one attached hydrogen (secondary N) is 2. The Morgan fingerprint density at radius 3 is 2.36 bits per heavy atom. The highest BCUT2D eigenvalue weighted by Gasteiger charge is 2.38. The molecule has 198 valence electrons. The maximum absolute atomic E-state index is 12.9. The predicted octanol–water partition coefficient (Wildman–Crippen LogP) is 0.300. The van der Waals surface area contributed by atoms with E-state index in [0.29, 0.717) is 18.7 Å². The third-order valence-electron chi connectivity index (χ3n) is 4.10. The summed E-state index contributed by atoms with van der Waals surface area (Å²) in [6, 6.07) is 6.12. The number of halogens is 4. The number of hydrogen-bond acceptors (Lipinski definition) is 7. The zero-order valence-corrected chi connectivity index (χ0v) is 19.0. The van der Waals surface area contributed by atoms with Gasteiger partial charge in [-0.25, -0.2) is 14.2 Å². The molecule has 2 rings (SSSR count). The highest BCUT2D eigenvalue weighted by Crippen LogP contribution is 2.13. The smallest absolute Gasteiger partial charge is 0.475 e. The van der Waals surface area contributed by atoms with Crippen LogP contribution in [0, 0.1) is 12.7 Å². The molecule has 0 aliphatic carbocycles. The van der Waals surface area contributed by atoms with E-state index in [1.807, 2.05) is 0 Å². The van der Waals surface area contributed by atoms with Crippen molar-refractivity contribution < 1.29 is 37.1 Å². The van der Waals surface area contributed by atoms with Crippen LogP contribution in [-0.2, 0) is 27.4 Å². The summed E-state index contributed by atoms with van der Waals surface area (Å²) in [4.78, 5) is 42.4. The number of amides is 1. The van der Waals surface area contributed by atoms with E-state index < -0.39 is 17.7 Å². The number of rotatable bonds is 10.